The number of nitro benzene ring substituents is 1. The van der Waals surface area contributed by atoms with E-state index in [2.05, 4.69) is 15.7 Å². The van der Waals surface area contributed by atoms with Gasteiger partial charge in [-0.2, -0.15) is 5.10 Å². The van der Waals surface area contributed by atoms with Crippen LogP contribution in [-0.2, 0) is 13.2 Å². The molecule has 4 aromatic rings. The number of nitro groups is 1. The minimum absolute atomic E-state index is 0.0225. The summed E-state index contributed by atoms with van der Waals surface area (Å²) >= 11 is 0. The van der Waals surface area contributed by atoms with Crippen LogP contribution in [0.2, 0.25) is 0 Å². The second-order valence-electron chi connectivity index (χ2n) is 7.80. The highest BCUT2D eigenvalue weighted by molar-refractivity contribution is 6.10. The number of para-hydroxylation sites is 1. The van der Waals surface area contributed by atoms with Gasteiger partial charge in [0.05, 0.1) is 10.6 Å². The number of benzene rings is 2. The van der Waals surface area contributed by atoms with Crippen molar-refractivity contribution in [2.75, 3.05) is 10.6 Å². The monoisotopic (exact) mass is 489 g/mol. The van der Waals surface area contributed by atoms with Crippen molar-refractivity contribution in [2.24, 2.45) is 0 Å². The van der Waals surface area contributed by atoms with Gasteiger partial charge in [0.2, 0.25) is 0 Å². The van der Waals surface area contributed by atoms with Crippen molar-refractivity contribution in [2.45, 2.75) is 27.0 Å². The summed E-state index contributed by atoms with van der Waals surface area (Å²) in [5.41, 5.74) is 1.44. The number of aromatic nitrogens is 2. The van der Waals surface area contributed by atoms with Gasteiger partial charge in [-0.05, 0) is 49.7 Å². The van der Waals surface area contributed by atoms with Crippen molar-refractivity contribution >= 4 is 28.9 Å². The Balaban J connectivity index is 1.45. The van der Waals surface area contributed by atoms with Gasteiger partial charge < -0.3 is 19.8 Å². The molecule has 11 nitrogen and oxygen atoms in total. The first kappa shape index (κ1) is 24.2. The van der Waals surface area contributed by atoms with Crippen LogP contribution in [0.3, 0.4) is 0 Å². The van der Waals surface area contributed by atoms with Gasteiger partial charge in [-0.15, -0.1) is 0 Å². The third-order valence-corrected chi connectivity index (χ3v) is 5.15. The fraction of sp³-hybridized carbons (Fsp3) is 0.160. The Morgan fingerprint density at radius 3 is 2.58 bits per heavy atom. The zero-order chi connectivity index (χ0) is 25.7. The molecule has 0 bridgehead atoms. The van der Waals surface area contributed by atoms with E-state index in [1.165, 1.54) is 28.9 Å². The highest BCUT2D eigenvalue weighted by Crippen LogP contribution is 2.28. The first-order valence-electron chi connectivity index (χ1n) is 11.1. The number of anilines is 2. The maximum atomic E-state index is 12.8. The van der Waals surface area contributed by atoms with E-state index >= 15 is 0 Å². The predicted molar refractivity (Wildman–Crippen MR) is 131 cm³/mol. The third-order valence-electron chi connectivity index (χ3n) is 5.15. The Kier molecular flexibility index (Phi) is 7.10. The van der Waals surface area contributed by atoms with Crippen LogP contribution >= 0.6 is 0 Å². The van der Waals surface area contributed by atoms with Crippen molar-refractivity contribution in [1.29, 1.82) is 0 Å². The summed E-state index contributed by atoms with van der Waals surface area (Å²) < 4.78 is 12.6. The molecule has 0 aliphatic rings. The summed E-state index contributed by atoms with van der Waals surface area (Å²) in [5.74, 6) is -0.704. The zero-order valence-electron chi connectivity index (χ0n) is 19.6. The number of carbonyl (C=O) groups is 2. The molecule has 0 aliphatic heterocycles. The molecule has 11 heteroatoms. The van der Waals surface area contributed by atoms with Crippen LogP contribution in [0, 0.1) is 17.0 Å². The number of aryl methyl sites for hydroxylation is 2. The van der Waals surface area contributed by atoms with Crippen LogP contribution in [0.5, 0.6) is 5.75 Å². The Labute approximate surface area is 205 Å². The van der Waals surface area contributed by atoms with Gasteiger partial charge in [0.25, 0.3) is 11.8 Å². The molecule has 0 atom stereocenters. The maximum Gasteiger partial charge on any atom is 0.311 e. The fourth-order valence-corrected chi connectivity index (χ4v) is 3.36. The summed E-state index contributed by atoms with van der Waals surface area (Å²) in [7, 11) is 0. The van der Waals surface area contributed by atoms with E-state index in [4.69, 9.17) is 9.15 Å². The number of furan rings is 1. The number of hydrogen-bond donors (Lipinski definition) is 2. The molecule has 0 saturated carbocycles. The van der Waals surface area contributed by atoms with Crippen LogP contribution in [-0.4, -0.2) is 26.5 Å². The second kappa shape index (κ2) is 10.6. The van der Waals surface area contributed by atoms with E-state index in [9.17, 15) is 19.7 Å². The zero-order valence-corrected chi connectivity index (χ0v) is 19.6. The summed E-state index contributed by atoms with van der Waals surface area (Å²) in [6.45, 7) is 3.98. The van der Waals surface area contributed by atoms with Gasteiger partial charge in [-0.25, -0.2) is 0 Å². The Bertz CT molecular complexity index is 1410. The van der Waals surface area contributed by atoms with E-state index in [-0.39, 0.29) is 35.2 Å². The van der Waals surface area contributed by atoms with E-state index in [1.54, 1.807) is 43.5 Å². The number of nitrogens with one attached hydrogen (secondary N) is 2. The topological polar surface area (TPSA) is 142 Å². The van der Waals surface area contributed by atoms with Crippen molar-refractivity contribution in [3.05, 3.63) is 99.8 Å². The third kappa shape index (κ3) is 5.58. The van der Waals surface area contributed by atoms with Gasteiger partial charge in [-0.1, -0.05) is 24.3 Å². The van der Waals surface area contributed by atoms with Gasteiger partial charge in [0.15, 0.2) is 17.2 Å². The van der Waals surface area contributed by atoms with E-state index in [0.29, 0.717) is 18.0 Å². The van der Waals surface area contributed by atoms with Gasteiger partial charge in [0.1, 0.15) is 12.4 Å². The molecule has 0 unspecified atom stereocenters. The Morgan fingerprint density at radius 2 is 1.86 bits per heavy atom. The maximum absolute atomic E-state index is 12.8. The van der Waals surface area contributed by atoms with Gasteiger partial charge in [0, 0.05) is 24.5 Å². The van der Waals surface area contributed by atoms with Gasteiger partial charge >= 0.3 is 5.69 Å². The van der Waals surface area contributed by atoms with Crippen LogP contribution in [0.1, 0.15) is 39.3 Å². The molecule has 2 aromatic carbocycles. The lowest BCUT2D eigenvalue weighted by molar-refractivity contribution is -0.386. The van der Waals surface area contributed by atoms with Crippen molar-refractivity contribution in [1.82, 2.24) is 9.78 Å². The molecule has 0 fully saturated rings. The Hall–Kier alpha value is -4.93. The summed E-state index contributed by atoms with van der Waals surface area (Å²) in [4.78, 5) is 36.3. The van der Waals surface area contributed by atoms with Crippen LogP contribution in [0.15, 0.2) is 71.3 Å². The van der Waals surface area contributed by atoms with E-state index in [1.807, 2.05) is 13.0 Å². The quantitative estimate of drug-likeness (QED) is 0.254. The molecule has 2 aromatic heterocycles. The van der Waals surface area contributed by atoms with Crippen molar-refractivity contribution < 1.29 is 23.7 Å². The minimum atomic E-state index is -0.591. The molecule has 36 heavy (non-hydrogen) atoms. The molecule has 2 heterocycles. The molecular formula is C25H23N5O6. The fourth-order valence-electron chi connectivity index (χ4n) is 3.36. The largest absolute Gasteiger partial charge is 0.479 e. The van der Waals surface area contributed by atoms with Crippen molar-refractivity contribution in [3.8, 4) is 5.75 Å². The van der Waals surface area contributed by atoms with Crippen LogP contribution in [0.25, 0.3) is 0 Å². The number of carbonyl (C=O) groups excluding carboxylic acids is 2. The number of hydrogen-bond acceptors (Lipinski definition) is 7. The molecule has 2 N–H and O–H groups in total. The van der Waals surface area contributed by atoms with Gasteiger partial charge in [-0.3, -0.25) is 24.4 Å². The summed E-state index contributed by atoms with van der Waals surface area (Å²) in [6, 6.07) is 16.5. The first-order valence-corrected chi connectivity index (χ1v) is 11.1. The molecule has 0 aliphatic carbocycles. The molecule has 2 amide bonds. The van der Waals surface area contributed by atoms with Crippen LogP contribution in [0.4, 0.5) is 17.1 Å². The SMILES string of the molecule is CCn1cc(NC(=O)c2ccc(COc3ccc(C)cc3[N+](=O)[O-])o2)c(C(=O)Nc2ccccc2)n1. The normalized spacial score (nSPS) is 10.6. The highest BCUT2D eigenvalue weighted by Gasteiger charge is 2.21. The lowest BCUT2D eigenvalue weighted by Crippen LogP contribution is -2.17. The lowest BCUT2D eigenvalue weighted by atomic mass is 10.2. The van der Waals surface area contributed by atoms with E-state index in [0.717, 1.165) is 5.56 Å². The second-order valence-corrected chi connectivity index (χ2v) is 7.80. The molecular weight excluding hydrogens is 466 g/mol. The lowest BCUT2D eigenvalue weighted by Gasteiger charge is -2.06. The number of rotatable bonds is 9. The average Bonchev–Trinajstić information content (AvgIpc) is 3.51. The molecule has 0 saturated heterocycles. The number of ether oxygens (including phenoxy) is 1. The molecule has 0 radical (unpaired) electrons. The summed E-state index contributed by atoms with van der Waals surface area (Å²) in [6.07, 6.45) is 1.56. The smallest absolute Gasteiger partial charge is 0.311 e. The predicted octanol–water partition coefficient (Wildman–Crippen LogP) is 4.80. The van der Waals surface area contributed by atoms with Crippen LogP contribution < -0.4 is 15.4 Å². The molecule has 4 rings (SSSR count). The first-order chi connectivity index (χ1) is 17.3. The highest BCUT2D eigenvalue weighted by atomic mass is 16.6. The number of nitrogens with zero attached hydrogens (tertiary/aromatic N) is 3. The van der Waals surface area contributed by atoms with E-state index < -0.39 is 16.7 Å². The average molecular weight is 489 g/mol. The number of amides is 2. The minimum Gasteiger partial charge on any atom is -0.479 e. The Morgan fingerprint density at radius 1 is 1.08 bits per heavy atom. The molecule has 184 valence electrons. The molecule has 0 spiro atoms. The standard InChI is InChI=1S/C25H23N5O6/c1-3-29-14-19(23(28-29)25(32)26-17-7-5-4-6-8-17)27-24(31)22-12-10-18(36-22)15-35-21-11-9-16(2)13-20(21)30(33)34/h4-14H,3,15H2,1-2H3,(H,26,32)(H,27,31). The van der Waals surface area contributed by atoms with Crippen molar-refractivity contribution in [3.63, 3.8) is 0 Å². The summed E-state index contributed by atoms with van der Waals surface area (Å²) in [5, 5.41) is 20.9.